The van der Waals surface area contributed by atoms with Crippen molar-refractivity contribution >= 4 is 23.3 Å². The molecule has 0 spiro atoms. The Kier molecular flexibility index (Phi) is 3.65. The fraction of sp³-hybridized carbons (Fsp3) is 0. The maximum atomic E-state index is 13.3. The van der Waals surface area contributed by atoms with E-state index >= 15 is 0 Å². The van der Waals surface area contributed by atoms with Crippen molar-refractivity contribution in [1.29, 1.82) is 0 Å². The molecule has 5 nitrogen and oxygen atoms in total. The highest BCUT2D eigenvalue weighted by Gasteiger charge is 2.13. The van der Waals surface area contributed by atoms with Gasteiger partial charge < -0.3 is 16.2 Å². The number of carbonyl (C=O) groups excluding carboxylic acids is 1. The molecule has 0 unspecified atom stereocenters. The van der Waals surface area contributed by atoms with Gasteiger partial charge in [-0.3, -0.25) is 4.79 Å². The molecule has 2 aromatic carbocycles. The van der Waals surface area contributed by atoms with E-state index in [1.165, 1.54) is 24.3 Å². The number of carbonyl (C=O) groups is 2. The molecule has 20 heavy (non-hydrogen) atoms. The molecule has 0 radical (unpaired) electrons. The number of carboxylic acids is 1. The number of aromatic carboxylic acids is 1. The Bertz CT molecular complexity index is 686. The van der Waals surface area contributed by atoms with E-state index in [2.05, 4.69) is 5.32 Å². The largest absolute Gasteiger partial charge is 0.478 e. The van der Waals surface area contributed by atoms with Crippen LogP contribution in [0, 0.1) is 5.82 Å². The summed E-state index contributed by atoms with van der Waals surface area (Å²) in [6.45, 7) is 0. The molecule has 6 heteroatoms. The van der Waals surface area contributed by atoms with Gasteiger partial charge in [0.2, 0.25) is 0 Å². The molecule has 0 aromatic heterocycles. The summed E-state index contributed by atoms with van der Waals surface area (Å²) in [5.41, 5.74) is 5.41. The van der Waals surface area contributed by atoms with Crippen molar-refractivity contribution in [2.24, 2.45) is 0 Å². The zero-order chi connectivity index (χ0) is 14.7. The lowest BCUT2D eigenvalue weighted by atomic mass is 10.1. The summed E-state index contributed by atoms with van der Waals surface area (Å²) in [6, 6.07) is 9.57. The van der Waals surface area contributed by atoms with E-state index < -0.39 is 17.7 Å². The first-order valence-corrected chi connectivity index (χ1v) is 5.67. The van der Waals surface area contributed by atoms with Crippen molar-refractivity contribution in [3.8, 4) is 0 Å². The Morgan fingerprint density at radius 3 is 2.50 bits per heavy atom. The molecule has 2 rings (SSSR count). The van der Waals surface area contributed by atoms with Crippen LogP contribution in [-0.4, -0.2) is 17.0 Å². The van der Waals surface area contributed by atoms with E-state index in [0.29, 0.717) is 0 Å². The quantitative estimate of drug-likeness (QED) is 0.749. The minimum Gasteiger partial charge on any atom is -0.478 e. The number of anilines is 2. The summed E-state index contributed by atoms with van der Waals surface area (Å²) < 4.78 is 13.3. The smallest absolute Gasteiger partial charge is 0.337 e. The van der Waals surface area contributed by atoms with Crippen LogP contribution in [0.25, 0.3) is 0 Å². The average Bonchev–Trinajstić information content (AvgIpc) is 2.42. The highest BCUT2D eigenvalue weighted by molar-refractivity contribution is 6.07. The van der Waals surface area contributed by atoms with Crippen LogP contribution >= 0.6 is 0 Å². The first kappa shape index (κ1) is 13.5. The van der Waals surface area contributed by atoms with E-state index in [9.17, 15) is 14.0 Å². The molecule has 0 atom stereocenters. The highest BCUT2D eigenvalue weighted by Crippen LogP contribution is 2.17. The second-order valence-electron chi connectivity index (χ2n) is 4.04. The topological polar surface area (TPSA) is 92.4 Å². The number of rotatable bonds is 3. The number of para-hydroxylation sites is 1. The number of nitrogens with one attached hydrogen (secondary N) is 1. The second-order valence-corrected chi connectivity index (χ2v) is 4.04. The van der Waals surface area contributed by atoms with Gasteiger partial charge in [0, 0.05) is 5.56 Å². The van der Waals surface area contributed by atoms with Gasteiger partial charge in [-0.1, -0.05) is 12.1 Å². The van der Waals surface area contributed by atoms with Gasteiger partial charge in [0.15, 0.2) is 0 Å². The number of amides is 1. The first-order chi connectivity index (χ1) is 9.49. The maximum absolute atomic E-state index is 13.3. The molecule has 102 valence electrons. The molecule has 1 amide bonds. The number of benzene rings is 2. The SMILES string of the molecule is Nc1ccc(C(=O)Nc2ccccc2C(=O)O)cc1F. The van der Waals surface area contributed by atoms with Crippen LogP contribution in [0.3, 0.4) is 0 Å². The summed E-state index contributed by atoms with van der Waals surface area (Å²) >= 11 is 0. The molecule has 0 aliphatic heterocycles. The summed E-state index contributed by atoms with van der Waals surface area (Å²) in [5.74, 6) is -2.48. The zero-order valence-corrected chi connectivity index (χ0v) is 10.3. The molecule has 0 aliphatic carbocycles. The minimum absolute atomic E-state index is 0.0447. The lowest BCUT2D eigenvalue weighted by Gasteiger charge is -2.08. The van der Waals surface area contributed by atoms with E-state index in [-0.39, 0.29) is 22.5 Å². The Balaban J connectivity index is 2.28. The summed E-state index contributed by atoms with van der Waals surface area (Å²) in [7, 11) is 0. The third-order valence-corrected chi connectivity index (χ3v) is 2.67. The predicted octanol–water partition coefficient (Wildman–Crippen LogP) is 2.36. The molecule has 0 heterocycles. The van der Waals surface area contributed by atoms with Gasteiger partial charge in [-0.15, -0.1) is 0 Å². The Hall–Kier alpha value is -2.89. The molecule has 0 saturated heterocycles. The fourth-order valence-corrected chi connectivity index (χ4v) is 1.64. The first-order valence-electron chi connectivity index (χ1n) is 5.67. The van der Waals surface area contributed by atoms with Gasteiger partial charge >= 0.3 is 5.97 Å². The second kappa shape index (κ2) is 5.40. The van der Waals surface area contributed by atoms with Crippen LogP contribution in [0.5, 0.6) is 0 Å². The van der Waals surface area contributed by atoms with Gasteiger partial charge in [0.05, 0.1) is 16.9 Å². The van der Waals surface area contributed by atoms with E-state index in [1.54, 1.807) is 12.1 Å². The van der Waals surface area contributed by atoms with Crippen molar-refractivity contribution < 1.29 is 19.1 Å². The van der Waals surface area contributed by atoms with Gasteiger partial charge in [-0.2, -0.15) is 0 Å². The van der Waals surface area contributed by atoms with Crippen LogP contribution in [0.4, 0.5) is 15.8 Å². The summed E-state index contributed by atoms with van der Waals surface area (Å²) in [6.07, 6.45) is 0. The normalized spacial score (nSPS) is 10.1. The lowest BCUT2D eigenvalue weighted by Crippen LogP contribution is -2.15. The number of hydrogen-bond donors (Lipinski definition) is 3. The van der Waals surface area contributed by atoms with Crippen LogP contribution in [-0.2, 0) is 0 Å². The van der Waals surface area contributed by atoms with Gasteiger partial charge in [0.1, 0.15) is 5.82 Å². The monoisotopic (exact) mass is 274 g/mol. The van der Waals surface area contributed by atoms with Crippen molar-refractivity contribution in [1.82, 2.24) is 0 Å². The van der Waals surface area contributed by atoms with Gasteiger partial charge in [-0.25, -0.2) is 9.18 Å². The van der Waals surface area contributed by atoms with E-state index in [1.807, 2.05) is 0 Å². The fourth-order valence-electron chi connectivity index (χ4n) is 1.64. The number of hydrogen-bond acceptors (Lipinski definition) is 3. The summed E-state index contributed by atoms with van der Waals surface area (Å²) in [5, 5.41) is 11.4. The average molecular weight is 274 g/mol. The van der Waals surface area contributed by atoms with Crippen LogP contribution in [0.2, 0.25) is 0 Å². The molecule has 0 aliphatic rings. The lowest BCUT2D eigenvalue weighted by molar-refractivity contribution is 0.0698. The van der Waals surface area contributed by atoms with Gasteiger partial charge in [0.25, 0.3) is 5.91 Å². The van der Waals surface area contributed by atoms with E-state index in [0.717, 1.165) is 6.07 Å². The third-order valence-electron chi connectivity index (χ3n) is 2.67. The number of nitrogens with two attached hydrogens (primary N) is 1. The van der Waals surface area contributed by atoms with Crippen molar-refractivity contribution in [2.75, 3.05) is 11.1 Å². The minimum atomic E-state index is -1.16. The number of halogens is 1. The molecule has 4 N–H and O–H groups in total. The van der Waals surface area contributed by atoms with Crippen LogP contribution < -0.4 is 11.1 Å². The molecule has 2 aromatic rings. The zero-order valence-electron chi connectivity index (χ0n) is 10.3. The molecule has 0 saturated carbocycles. The predicted molar refractivity (Wildman–Crippen MR) is 72.2 cm³/mol. The Morgan fingerprint density at radius 1 is 1.15 bits per heavy atom. The third kappa shape index (κ3) is 2.74. The van der Waals surface area contributed by atoms with Crippen molar-refractivity contribution in [2.45, 2.75) is 0 Å². The van der Waals surface area contributed by atoms with Crippen LogP contribution in [0.15, 0.2) is 42.5 Å². The van der Waals surface area contributed by atoms with Crippen molar-refractivity contribution in [3.63, 3.8) is 0 Å². The van der Waals surface area contributed by atoms with E-state index in [4.69, 9.17) is 10.8 Å². The van der Waals surface area contributed by atoms with Crippen LogP contribution in [0.1, 0.15) is 20.7 Å². The molecular weight excluding hydrogens is 263 g/mol. The summed E-state index contributed by atoms with van der Waals surface area (Å²) in [4.78, 5) is 23.0. The Morgan fingerprint density at radius 2 is 1.85 bits per heavy atom. The molecular formula is C14H11FN2O3. The van der Waals surface area contributed by atoms with Gasteiger partial charge in [-0.05, 0) is 30.3 Å². The number of carboxylic acid groups (broad SMARTS) is 1. The van der Waals surface area contributed by atoms with Crippen molar-refractivity contribution in [3.05, 3.63) is 59.4 Å². The maximum Gasteiger partial charge on any atom is 0.337 e. The number of nitrogen functional groups attached to an aromatic ring is 1. The highest BCUT2D eigenvalue weighted by atomic mass is 19.1. The standard InChI is InChI=1S/C14H11FN2O3/c15-10-7-8(5-6-11(10)16)13(18)17-12-4-2-1-3-9(12)14(19)20/h1-7H,16H2,(H,17,18)(H,19,20). The molecule has 0 fully saturated rings. The molecule has 0 bridgehead atoms. The Labute approximate surface area is 113 Å².